The summed E-state index contributed by atoms with van der Waals surface area (Å²) in [5, 5.41) is 9.18. The number of carbonyl (C=O) groups is 1. The average molecular weight is 248 g/mol. The van der Waals surface area contributed by atoms with Crippen LogP contribution in [0.1, 0.15) is 29.0 Å². The summed E-state index contributed by atoms with van der Waals surface area (Å²) in [4.78, 5) is 16.0. The zero-order valence-electron chi connectivity index (χ0n) is 10.2. The van der Waals surface area contributed by atoms with Crippen LogP contribution in [-0.4, -0.2) is 23.4 Å². The van der Waals surface area contributed by atoms with Gasteiger partial charge in [0.2, 0.25) is 5.91 Å². The monoisotopic (exact) mass is 248 g/mol. The number of aryl methyl sites for hydroxylation is 1. The number of hydrogen-bond acceptors (Lipinski definition) is 3. The van der Waals surface area contributed by atoms with Gasteiger partial charge in [-0.15, -0.1) is 11.3 Å². The Morgan fingerprint density at radius 2 is 2.29 bits per heavy atom. The number of thiophene rings is 1. The molecule has 1 aliphatic rings. The van der Waals surface area contributed by atoms with Crippen molar-refractivity contribution in [3.8, 4) is 6.07 Å². The Morgan fingerprint density at radius 1 is 1.59 bits per heavy atom. The van der Waals surface area contributed by atoms with Crippen LogP contribution in [0.4, 0.5) is 0 Å². The minimum absolute atomic E-state index is 0.0492. The summed E-state index contributed by atoms with van der Waals surface area (Å²) in [6.45, 7) is 2.03. The summed E-state index contributed by atoms with van der Waals surface area (Å²) in [5.41, 5.74) is -0.524. The molecule has 1 aliphatic carbocycles. The molecule has 1 amide bonds. The number of carbonyl (C=O) groups excluding carboxylic acids is 1. The first kappa shape index (κ1) is 12.1. The minimum Gasteiger partial charge on any atom is -0.327 e. The van der Waals surface area contributed by atoms with Gasteiger partial charge in [-0.2, -0.15) is 5.26 Å². The maximum Gasteiger partial charge on any atom is 0.228 e. The molecule has 0 N–H and O–H groups in total. The van der Waals surface area contributed by atoms with E-state index in [1.807, 2.05) is 19.1 Å². The fourth-order valence-corrected chi connectivity index (χ4v) is 3.00. The number of nitriles is 1. The Kier molecular flexibility index (Phi) is 3.21. The third-order valence-electron chi connectivity index (χ3n) is 3.53. The summed E-state index contributed by atoms with van der Waals surface area (Å²) in [7, 11) is 1.76. The van der Waals surface area contributed by atoms with Crippen LogP contribution in [0.25, 0.3) is 0 Å². The molecular weight excluding hydrogens is 232 g/mol. The predicted octanol–water partition coefficient (Wildman–Crippen LogP) is 2.50. The number of rotatable bonds is 3. The van der Waals surface area contributed by atoms with E-state index >= 15 is 0 Å². The van der Waals surface area contributed by atoms with Crippen LogP contribution in [0.15, 0.2) is 12.1 Å². The molecule has 1 fully saturated rings. The normalized spacial score (nSPS) is 17.0. The smallest absolute Gasteiger partial charge is 0.228 e. The lowest BCUT2D eigenvalue weighted by Gasteiger charge is -2.42. The van der Waals surface area contributed by atoms with Crippen LogP contribution in [0.5, 0.6) is 0 Å². The van der Waals surface area contributed by atoms with Crippen LogP contribution in [-0.2, 0) is 11.2 Å². The van der Waals surface area contributed by atoms with Crippen LogP contribution < -0.4 is 0 Å². The van der Waals surface area contributed by atoms with Crippen LogP contribution >= 0.6 is 11.3 Å². The van der Waals surface area contributed by atoms with Crippen molar-refractivity contribution in [2.24, 2.45) is 0 Å². The van der Waals surface area contributed by atoms with Crippen molar-refractivity contribution in [1.29, 1.82) is 5.26 Å². The topological polar surface area (TPSA) is 44.1 Å². The van der Waals surface area contributed by atoms with E-state index in [0.29, 0.717) is 6.42 Å². The predicted molar refractivity (Wildman–Crippen MR) is 67.7 cm³/mol. The highest BCUT2D eigenvalue weighted by atomic mass is 32.1. The second-order valence-electron chi connectivity index (χ2n) is 4.64. The molecule has 1 aromatic heterocycles. The number of nitrogens with zero attached hydrogens (tertiary/aromatic N) is 2. The van der Waals surface area contributed by atoms with Crippen molar-refractivity contribution in [3.63, 3.8) is 0 Å². The van der Waals surface area contributed by atoms with Crippen molar-refractivity contribution in [2.75, 3.05) is 7.05 Å². The molecule has 90 valence electrons. The van der Waals surface area contributed by atoms with E-state index in [4.69, 9.17) is 0 Å². The lowest BCUT2D eigenvalue weighted by molar-refractivity contribution is -0.135. The largest absolute Gasteiger partial charge is 0.327 e. The van der Waals surface area contributed by atoms with Crippen molar-refractivity contribution >= 4 is 17.2 Å². The van der Waals surface area contributed by atoms with Gasteiger partial charge in [-0.3, -0.25) is 4.79 Å². The Balaban J connectivity index is 2.03. The summed E-state index contributed by atoms with van der Waals surface area (Å²) in [6.07, 6.45) is 3.09. The zero-order valence-corrected chi connectivity index (χ0v) is 11.0. The van der Waals surface area contributed by atoms with Crippen molar-refractivity contribution < 1.29 is 4.79 Å². The van der Waals surface area contributed by atoms with E-state index < -0.39 is 5.54 Å². The Bertz CT molecular complexity index is 468. The van der Waals surface area contributed by atoms with Crippen LogP contribution in [0, 0.1) is 18.3 Å². The summed E-state index contributed by atoms with van der Waals surface area (Å²) >= 11 is 1.65. The van der Waals surface area contributed by atoms with Crippen molar-refractivity contribution in [2.45, 2.75) is 38.1 Å². The van der Waals surface area contributed by atoms with Gasteiger partial charge in [0.25, 0.3) is 0 Å². The van der Waals surface area contributed by atoms with E-state index in [1.54, 1.807) is 23.3 Å². The van der Waals surface area contributed by atoms with E-state index in [1.165, 1.54) is 4.88 Å². The second-order valence-corrected chi connectivity index (χ2v) is 6.01. The Morgan fingerprint density at radius 3 is 2.71 bits per heavy atom. The van der Waals surface area contributed by atoms with Gasteiger partial charge in [0.05, 0.1) is 12.5 Å². The van der Waals surface area contributed by atoms with Gasteiger partial charge in [-0.05, 0) is 38.3 Å². The molecule has 2 rings (SSSR count). The van der Waals surface area contributed by atoms with Gasteiger partial charge in [0, 0.05) is 16.8 Å². The summed E-state index contributed by atoms with van der Waals surface area (Å²) in [5.74, 6) is 0.0492. The van der Waals surface area contributed by atoms with Gasteiger partial charge in [0.1, 0.15) is 5.54 Å². The molecule has 3 nitrogen and oxygen atoms in total. The number of hydrogen-bond donors (Lipinski definition) is 0. The number of amides is 1. The zero-order chi connectivity index (χ0) is 12.5. The van der Waals surface area contributed by atoms with Crippen molar-refractivity contribution in [3.05, 3.63) is 21.9 Å². The second kappa shape index (κ2) is 4.50. The van der Waals surface area contributed by atoms with E-state index in [0.717, 1.165) is 24.1 Å². The third kappa shape index (κ3) is 2.20. The molecular formula is C13H16N2OS. The highest BCUT2D eigenvalue weighted by Gasteiger charge is 2.43. The van der Waals surface area contributed by atoms with Crippen molar-refractivity contribution in [1.82, 2.24) is 4.90 Å². The molecule has 0 saturated heterocycles. The summed E-state index contributed by atoms with van der Waals surface area (Å²) < 4.78 is 0. The Hall–Kier alpha value is -1.34. The molecule has 4 heteroatoms. The van der Waals surface area contributed by atoms with Crippen LogP contribution in [0.3, 0.4) is 0 Å². The lowest BCUT2D eigenvalue weighted by atomic mass is 9.76. The lowest BCUT2D eigenvalue weighted by Crippen LogP contribution is -2.53. The standard InChI is InChI=1S/C13H16N2OS/c1-10-4-5-11(17-10)8-12(16)15(2)13(9-14)6-3-7-13/h4-5H,3,6-8H2,1-2H3. The fraction of sp³-hybridized carbons (Fsp3) is 0.538. The van der Waals surface area contributed by atoms with Gasteiger partial charge in [-0.25, -0.2) is 0 Å². The van der Waals surface area contributed by atoms with Gasteiger partial charge < -0.3 is 4.90 Å². The molecule has 0 unspecified atom stereocenters. The molecule has 1 saturated carbocycles. The molecule has 0 atom stereocenters. The molecule has 1 aromatic rings. The maximum absolute atomic E-state index is 12.1. The Labute approximate surface area is 106 Å². The molecule has 17 heavy (non-hydrogen) atoms. The first-order chi connectivity index (χ1) is 8.07. The fourth-order valence-electron chi connectivity index (χ4n) is 2.12. The van der Waals surface area contributed by atoms with Gasteiger partial charge in [0.15, 0.2) is 0 Å². The highest BCUT2D eigenvalue weighted by Crippen LogP contribution is 2.36. The molecule has 0 radical (unpaired) electrons. The first-order valence-corrected chi connectivity index (χ1v) is 6.62. The van der Waals surface area contributed by atoms with Crippen LogP contribution in [0.2, 0.25) is 0 Å². The van der Waals surface area contributed by atoms with Gasteiger partial charge in [-0.1, -0.05) is 0 Å². The SMILES string of the molecule is Cc1ccc(CC(=O)N(C)C2(C#N)CCC2)s1. The first-order valence-electron chi connectivity index (χ1n) is 5.81. The molecule has 0 aliphatic heterocycles. The number of likely N-dealkylation sites (N-methyl/N-ethyl adjacent to an activating group) is 1. The van der Waals surface area contributed by atoms with E-state index in [-0.39, 0.29) is 5.91 Å². The third-order valence-corrected chi connectivity index (χ3v) is 4.53. The maximum atomic E-state index is 12.1. The van der Waals surface area contributed by atoms with E-state index in [9.17, 15) is 10.1 Å². The quantitative estimate of drug-likeness (QED) is 0.825. The minimum atomic E-state index is -0.524. The van der Waals surface area contributed by atoms with Gasteiger partial charge >= 0.3 is 0 Å². The van der Waals surface area contributed by atoms with E-state index in [2.05, 4.69) is 6.07 Å². The molecule has 0 aromatic carbocycles. The average Bonchev–Trinajstić information content (AvgIpc) is 2.63. The summed E-state index contributed by atoms with van der Waals surface area (Å²) in [6, 6.07) is 6.31. The molecule has 0 spiro atoms. The highest BCUT2D eigenvalue weighted by molar-refractivity contribution is 7.12. The molecule has 0 bridgehead atoms. The molecule has 1 heterocycles.